The zero-order chi connectivity index (χ0) is 21.3. The second-order valence-electron chi connectivity index (χ2n) is 7.90. The van der Waals surface area contributed by atoms with Crippen molar-refractivity contribution in [2.24, 2.45) is 5.92 Å². The minimum absolute atomic E-state index is 0.0674. The molecule has 1 aliphatic carbocycles. The van der Waals surface area contributed by atoms with Crippen molar-refractivity contribution >= 4 is 44.2 Å². The molecule has 1 aromatic carbocycles. The first-order valence-electron chi connectivity index (χ1n) is 10.3. The van der Waals surface area contributed by atoms with E-state index in [1.54, 1.807) is 17.8 Å². The van der Waals surface area contributed by atoms with E-state index in [9.17, 15) is 13.2 Å². The summed E-state index contributed by atoms with van der Waals surface area (Å²) >= 11 is 3.10. The molecule has 0 bridgehead atoms. The number of piperidine rings is 1. The Labute approximate surface area is 186 Å². The Hall–Kier alpha value is -1.42. The maximum atomic E-state index is 13.1. The number of carbonyl (C=O) groups is 1. The molecule has 0 spiro atoms. The van der Waals surface area contributed by atoms with Gasteiger partial charge in [0.05, 0.1) is 14.8 Å². The number of rotatable bonds is 5. The number of thiazole rings is 1. The molecule has 0 unspecified atom stereocenters. The van der Waals surface area contributed by atoms with Gasteiger partial charge in [-0.3, -0.25) is 4.79 Å². The third-order valence-electron chi connectivity index (χ3n) is 5.95. The number of benzene rings is 1. The average Bonchev–Trinajstić information content (AvgIpc) is 3.12. The van der Waals surface area contributed by atoms with Crippen molar-refractivity contribution in [1.29, 1.82) is 0 Å². The predicted molar refractivity (Wildman–Crippen MR) is 122 cm³/mol. The van der Waals surface area contributed by atoms with Crippen LogP contribution in [0.4, 0.5) is 5.13 Å². The van der Waals surface area contributed by atoms with Crippen LogP contribution in [0, 0.1) is 12.8 Å². The fourth-order valence-corrected chi connectivity index (χ4v) is 7.35. The highest BCUT2D eigenvalue weighted by atomic mass is 32.2. The summed E-state index contributed by atoms with van der Waals surface area (Å²) < 4.78 is 28.9. The third-order valence-corrected chi connectivity index (χ3v) is 10.1. The van der Waals surface area contributed by atoms with E-state index >= 15 is 0 Å². The molecule has 0 radical (unpaired) electrons. The maximum Gasteiger partial charge on any atom is 0.243 e. The number of aryl methyl sites for hydroxylation is 3. The van der Waals surface area contributed by atoms with Gasteiger partial charge in [-0.15, -0.1) is 11.8 Å². The first-order valence-corrected chi connectivity index (χ1v) is 13.8. The molecule has 1 fully saturated rings. The molecule has 1 aromatic heterocycles. The number of sulfonamides is 1. The fourth-order valence-electron chi connectivity index (χ4n) is 4.21. The van der Waals surface area contributed by atoms with Crippen molar-refractivity contribution < 1.29 is 13.2 Å². The Bertz CT molecular complexity index is 1040. The summed E-state index contributed by atoms with van der Waals surface area (Å²) in [7, 11) is -3.52. The molecular weight excluding hydrogens is 438 g/mol. The summed E-state index contributed by atoms with van der Waals surface area (Å²) in [6, 6.07) is 5.57. The largest absolute Gasteiger partial charge is 0.302 e. The summed E-state index contributed by atoms with van der Waals surface area (Å²) in [5.41, 5.74) is 3.37. The number of thioether (sulfide) groups is 1. The molecule has 2 aliphatic rings. The lowest BCUT2D eigenvalue weighted by molar-refractivity contribution is -0.120. The number of amides is 1. The zero-order valence-corrected chi connectivity index (χ0v) is 19.8. The zero-order valence-electron chi connectivity index (χ0n) is 17.3. The van der Waals surface area contributed by atoms with Gasteiger partial charge in [0, 0.05) is 19.0 Å². The van der Waals surface area contributed by atoms with Crippen LogP contribution in [0.3, 0.4) is 0 Å². The van der Waals surface area contributed by atoms with Gasteiger partial charge in [-0.05, 0) is 75.0 Å². The Morgan fingerprint density at radius 1 is 1.20 bits per heavy atom. The number of anilines is 1. The molecular formula is C21H27N3O3S3. The standard InChI is InChI=1S/C21H27N3O3S3/c1-14-20(28-2)29-21(22-14)23-19(25)16-9-11-24(12-10-16)30(26,27)18-8-7-15-5-3-4-6-17(15)13-18/h7-8,13,16H,3-6,9-12H2,1-2H3,(H,22,23,25). The maximum absolute atomic E-state index is 13.1. The highest BCUT2D eigenvalue weighted by Gasteiger charge is 2.32. The highest BCUT2D eigenvalue weighted by molar-refractivity contribution is 8.00. The molecule has 1 N–H and O–H groups in total. The summed E-state index contributed by atoms with van der Waals surface area (Å²) in [5, 5.41) is 3.53. The monoisotopic (exact) mass is 465 g/mol. The van der Waals surface area contributed by atoms with Gasteiger partial charge in [0.25, 0.3) is 0 Å². The minimum atomic E-state index is -3.52. The number of fused-ring (bicyclic) bond motifs is 1. The smallest absolute Gasteiger partial charge is 0.243 e. The Morgan fingerprint density at radius 3 is 2.57 bits per heavy atom. The van der Waals surface area contributed by atoms with Gasteiger partial charge in [0.2, 0.25) is 15.9 Å². The molecule has 4 rings (SSSR count). The molecule has 1 aliphatic heterocycles. The van der Waals surface area contributed by atoms with Crippen molar-refractivity contribution in [3.63, 3.8) is 0 Å². The van der Waals surface area contributed by atoms with Crippen molar-refractivity contribution in [3.8, 4) is 0 Å². The Morgan fingerprint density at radius 2 is 1.90 bits per heavy atom. The number of carbonyl (C=O) groups excluding carboxylic acids is 1. The van der Waals surface area contributed by atoms with E-state index in [2.05, 4.69) is 10.3 Å². The van der Waals surface area contributed by atoms with Crippen molar-refractivity contribution in [1.82, 2.24) is 9.29 Å². The first kappa shape index (κ1) is 21.8. The van der Waals surface area contributed by atoms with Crippen LogP contribution in [-0.4, -0.2) is 43.0 Å². The Balaban J connectivity index is 1.39. The van der Waals surface area contributed by atoms with Crippen LogP contribution >= 0.6 is 23.1 Å². The second kappa shape index (κ2) is 8.98. The summed E-state index contributed by atoms with van der Waals surface area (Å²) in [4.78, 5) is 17.4. The molecule has 1 amide bonds. The van der Waals surface area contributed by atoms with Gasteiger partial charge in [-0.1, -0.05) is 17.4 Å². The van der Waals surface area contributed by atoms with Crippen LogP contribution in [-0.2, 0) is 27.7 Å². The van der Waals surface area contributed by atoms with Gasteiger partial charge >= 0.3 is 0 Å². The summed E-state index contributed by atoms with van der Waals surface area (Å²) in [6.07, 6.45) is 7.32. The van der Waals surface area contributed by atoms with Gasteiger partial charge < -0.3 is 5.32 Å². The van der Waals surface area contributed by atoms with Crippen LogP contribution in [0.25, 0.3) is 0 Å². The molecule has 0 atom stereocenters. The number of nitrogens with one attached hydrogen (secondary N) is 1. The normalized spacial score (nSPS) is 18.2. The van der Waals surface area contributed by atoms with E-state index in [-0.39, 0.29) is 11.8 Å². The van der Waals surface area contributed by atoms with E-state index in [0.717, 1.165) is 29.2 Å². The van der Waals surface area contributed by atoms with Gasteiger partial charge in [-0.2, -0.15) is 4.31 Å². The highest BCUT2D eigenvalue weighted by Crippen LogP contribution is 2.32. The molecule has 0 saturated carbocycles. The van der Waals surface area contributed by atoms with Crippen LogP contribution in [0.1, 0.15) is 42.5 Å². The third kappa shape index (κ3) is 4.44. The fraction of sp³-hybridized carbons (Fsp3) is 0.524. The average molecular weight is 466 g/mol. The number of nitrogens with zero attached hydrogens (tertiary/aromatic N) is 2. The number of hydrogen-bond donors (Lipinski definition) is 1. The number of hydrogen-bond acceptors (Lipinski definition) is 6. The van der Waals surface area contributed by atoms with Crippen molar-refractivity contribution in [3.05, 3.63) is 35.0 Å². The van der Waals surface area contributed by atoms with Crippen LogP contribution < -0.4 is 5.32 Å². The Kier molecular flexibility index (Phi) is 6.53. The van der Waals surface area contributed by atoms with Crippen LogP contribution in [0.2, 0.25) is 0 Å². The molecule has 1 saturated heterocycles. The van der Waals surface area contributed by atoms with Gasteiger partial charge in [0.15, 0.2) is 5.13 Å². The minimum Gasteiger partial charge on any atom is -0.302 e. The topological polar surface area (TPSA) is 79.4 Å². The van der Waals surface area contributed by atoms with Gasteiger partial charge in [-0.25, -0.2) is 13.4 Å². The lowest BCUT2D eigenvalue weighted by atomic mass is 9.92. The van der Waals surface area contributed by atoms with Crippen molar-refractivity contribution in [2.45, 2.75) is 54.6 Å². The number of aromatic nitrogens is 1. The van der Waals surface area contributed by atoms with Gasteiger partial charge in [0.1, 0.15) is 0 Å². The first-order chi connectivity index (χ1) is 14.4. The molecule has 9 heteroatoms. The summed E-state index contributed by atoms with van der Waals surface area (Å²) in [6.45, 7) is 2.66. The SMILES string of the molecule is CSc1sc(NC(=O)C2CCN(S(=O)(=O)c3ccc4c(c3)CCCC4)CC2)nc1C. The van der Waals surface area contributed by atoms with Crippen LogP contribution in [0.5, 0.6) is 0 Å². The van der Waals surface area contributed by atoms with E-state index < -0.39 is 10.0 Å². The lowest BCUT2D eigenvalue weighted by Crippen LogP contribution is -2.41. The molecule has 162 valence electrons. The quantitative estimate of drug-likeness (QED) is 0.673. The summed E-state index contributed by atoms with van der Waals surface area (Å²) in [5.74, 6) is -0.260. The molecule has 6 nitrogen and oxygen atoms in total. The van der Waals surface area contributed by atoms with E-state index in [1.165, 1.54) is 33.2 Å². The molecule has 2 aromatic rings. The van der Waals surface area contributed by atoms with E-state index in [4.69, 9.17) is 0 Å². The lowest BCUT2D eigenvalue weighted by Gasteiger charge is -2.30. The molecule has 30 heavy (non-hydrogen) atoms. The van der Waals surface area contributed by atoms with Crippen molar-refractivity contribution in [2.75, 3.05) is 24.7 Å². The van der Waals surface area contributed by atoms with E-state index in [1.807, 2.05) is 25.3 Å². The van der Waals surface area contributed by atoms with E-state index in [0.29, 0.717) is 36.0 Å². The second-order valence-corrected chi connectivity index (χ2v) is 11.9. The molecule has 2 heterocycles. The van der Waals surface area contributed by atoms with Crippen LogP contribution in [0.15, 0.2) is 27.3 Å². The predicted octanol–water partition coefficient (Wildman–Crippen LogP) is 4.09.